The number of hydrogen-bond donors (Lipinski definition) is 2. The van der Waals surface area contributed by atoms with E-state index in [2.05, 4.69) is 63.4 Å². The minimum atomic E-state index is -0.366. The average molecular weight is 335 g/mol. The first-order valence-corrected chi connectivity index (χ1v) is 8.68. The summed E-state index contributed by atoms with van der Waals surface area (Å²) in [6.45, 7) is 5.37. The van der Waals surface area contributed by atoms with Crippen LogP contribution >= 0.6 is 0 Å². The fourth-order valence-corrected chi connectivity index (χ4v) is 2.78. The van der Waals surface area contributed by atoms with Crippen molar-refractivity contribution in [2.45, 2.75) is 39.1 Å². The molecule has 2 N–H and O–H groups in total. The molecule has 0 radical (unpaired) electrons. The molecular formula is C21H25N3O. The molecule has 3 rings (SSSR count). The second-order valence-corrected chi connectivity index (χ2v) is 6.50. The van der Waals surface area contributed by atoms with Crippen molar-refractivity contribution in [3.8, 4) is 11.1 Å². The van der Waals surface area contributed by atoms with Gasteiger partial charge >= 0.3 is 0 Å². The maximum Gasteiger partial charge on any atom is 0.0949 e. The Kier molecular flexibility index (Phi) is 5.64. The summed E-state index contributed by atoms with van der Waals surface area (Å²) in [4.78, 5) is 4.08. The van der Waals surface area contributed by atoms with Crippen LogP contribution in [0.15, 0.2) is 67.3 Å². The van der Waals surface area contributed by atoms with Gasteiger partial charge < -0.3 is 15.0 Å². The van der Waals surface area contributed by atoms with Gasteiger partial charge in [0.2, 0.25) is 0 Å². The number of nitrogens with zero attached hydrogens (tertiary/aromatic N) is 2. The van der Waals surface area contributed by atoms with Crippen LogP contribution in [-0.4, -0.2) is 26.8 Å². The zero-order valence-corrected chi connectivity index (χ0v) is 14.8. The number of aliphatic hydroxyl groups is 1. The number of imidazole rings is 1. The fraction of sp³-hybridized carbons (Fsp3) is 0.286. The van der Waals surface area contributed by atoms with Crippen LogP contribution in [0.4, 0.5) is 0 Å². The second-order valence-electron chi connectivity index (χ2n) is 6.50. The van der Waals surface area contributed by atoms with Crippen LogP contribution in [0.5, 0.6) is 0 Å². The van der Waals surface area contributed by atoms with Crippen LogP contribution in [0.1, 0.15) is 25.0 Å². The average Bonchev–Trinajstić information content (AvgIpc) is 3.13. The Morgan fingerprint density at radius 3 is 2.52 bits per heavy atom. The molecule has 0 spiro atoms. The van der Waals surface area contributed by atoms with Gasteiger partial charge in [0, 0.05) is 31.5 Å². The smallest absolute Gasteiger partial charge is 0.0949 e. The Balaban J connectivity index is 1.75. The SMILES string of the molecule is CC(O)C(C)NCc1ccccc1-c1ccc(Cn2ccnc2)cc1. The van der Waals surface area contributed by atoms with E-state index in [-0.39, 0.29) is 12.1 Å². The summed E-state index contributed by atoms with van der Waals surface area (Å²) in [5, 5.41) is 13.0. The van der Waals surface area contributed by atoms with E-state index >= 15 is 0 Å². The zero-order chi connectivity index (χ0) is 17.6. The Hall–Kier alpha value is -2.43. The normalized spacial score (nSPS) is 13.6. The Morgan fingerprint density at radius 2 is 1.84 bits per heavy atom. The molecule has 0 amide bonds. The zero-order valence-electron chi connectivity index (χ0n) is 14.8. The lowest BCUT2D eigenvalue weighted by Crippen LogP contribution is -2.35. The molecule has 0 aliphatic rings. The number of aromatic nitrogens is 2. The van der Waals surface area contributed by atoms with E-state index in [1.165, 1.54) is 22.3 Å². The molecular weight excluding hydrogens is 310 g/mol. The van der Waals surface area contributed by atoms with Gasteiger partial charge in [-0.05, 0) is 36.1 Å². The molecule has 0 aliphatic heterocycles. The third-order valence-electron chi connectivity index (χ3n) is 4.54. The van der Waals surface area contributed by atoms with Crippen molar-refractivity contribution in [3.63, 3.8) is 0 Å². The number of benzene rings is 2. The molecule has 0 bridgehead atoms. The molecule has 2 unspecified atom stereocenters. The van der Waals surface area contributed by atoms with E-state index in [1.807, 2.05) is 26.4 Å². The van der Waals surface area contributed by atoms with Crippen LogP contribution < -0.4 is 5.32 Å². The molecule has 130 valence electrons. The van der Waals surface area contributed by atoms with E-state index in [1.54, 1.807) is 6.20 Å². The molecule has 0 aliphatic carbocycles. The van der Waals surface area contributed by atoms with Gasteiger partial charge in [0.05, 0.1) is 12.4 Å². The minimum Gasteiger partial charge on any atom is -0.392 e. The standard InChI is InChI=1S/C21H25N3O/c1-16(17(2)25)23-13-20-5-3-4-6-21(20)19-9-7-18(8-10-19)14-24-12-11-22-15-24/h3-12,15-17,23,25H,13-14H2,1-2H3. The van der Waals surface area contributed by atoms with Gasteiger partial charge in [-0.15, -0.1) is 0 Å². The molecule has 25 heavy (non-hydrogen) atoms. The monoisotopic (exact) mass is 335 g/mol. The fourth-order valence-electron chi connectivity index (χ4n) is 2.78. The number of hydrogen-bond acceptors (Lipinski definition) is 3. The topological polar surface area (TPSA) is 50.1 Å². The molecule has 1 heterocycles. The van der Waals surface area contributed by atoms with Crippen molar-refractivity contribution in [1.82, 2.24) is 14.9 Å². The summed E-state index contributed by atoms with van der Waals surface area (Å²) in [6.07, 6.45) is 5.23. The van der Waals surface area contributed by atoms with Crippen molar-refractivity contribution in [1.29, 1.82) is 0 Å². The number of aliphatic hydroxyl groups excluding tert-OH is 1. The van der Waals surface area contributed by atoms with Crippen LogP contribution in [0.25, 0.3) is 11.1 Å². The highest BCUT2D eigenvalue weighted by Crippen LogP contribution is 2.24. The van der Waals surface area contributed by atoms with Crippen LogP contribution in [-0.2, 0) is 13.1 Å². The third kappa shape index (κ3) is 4.56. The summed E-state index contributed by atoms with van der Waals surface area (Å²) in [5.74, 6) is 0. The Labute approximate surface area is 149 Å². The third-order valence-corrected chi connectivity index (χ3v) is 4.54. The van der Waals surface area contributed by atoms with Gasteiger partial charge in [-0.25, -0.2) is 4.98 Å². The lowest BCUT2D eigenvalue weighted by molar-refractivity contribution is 0.152. The van der Waals surface area contributed by atoms with Crippen LogP contribution in [0, 0.1) is 0 Å². The second kappa shape index (κ2) is 8.10. The van der Waals surface area contributed by atoms with Crippen molar-refractivity contribution in [3.05, 3.63) is 78.4 Å². The number of nitrogens with one attached hydrogen (secondary N) is 1. The maximum absolute atomic E-state index is 9.65. The van der Waals surface area contributed by atoms with Crippen LogP contribution in [0.3, 0.4) is 0 Å². The van der Waals surface area contributed by atoms with Crippen molar-refractivity contribution in [2.75, 3.05) is 0 Å². The van der Waals surface area contributed by atoms with Crippen LogP contribution in [0.2, 0.25) is 0 Å². The molecule has 1 aromatic heterocycles. The summed E-state index contributed by atoms with van der Waals surface area (Å²) in [7, 11) is 0. The molecule has 0 saturated carbocycles. The van der Waals surface area contributed by atoms with Gasteiger partial charge in [0.1, 0.15) is 0 Å². The first kappa shape index (κ1) is 17.4. The lowest BCUT2D eigenvalue weighted by atomic mass is 9.98. The Morgan fingerprint density at radius 1 is 1.08 bits per heavy atom. The summed E-state index contributed by atoms with van der Waals surface area (Å²) in [5.41, 5.74) is 4.91. The van der Waals surface area contributed by atoms with E-state index in [4.69, 9.17) is 0 Å². The molecule has 0 fully saturated rings. The molecule has 0 saturated heterocycles. The van der Waals surface area contributed by atoms with Gasteiger partial charge in [-0.2, -0.15) is 0 Å². The van der Waals surface area contributed by atoms with E-state index in [9.17, 15) is 5.11 Å². The van der Waals surface area contributed by atoms with Crippen molar-refractivity contribution < 1.29 is 5.11 Å². The van der Waals surface area contributed by atoms with E-state index < -0.39 is 0 Å². The highest BCUT2D eigenvalue weighted by atomic mass is 16.3. The van der Waals surface area contributed by atoms with E-state index in [0.717, 1.165) is 13.1 Å². The summed E-state index contributed by atoms with van der Waals surface area (Å²) < 4.78 is 2.06. The van der Waals surface area contributed by atoms with E-state index in [0.29, 0.717) is 0 Å². The van der Waals surface area contributed by atoms with Crippen molar-refractivity contribution in [2.24, 2.45) is 0 Å². The predicted molar refractivity (Wildman–Crippen MR) is 101 cm³/mol. The molecule has 4 nitrogen and oxygen atoms in total. The summed E-state index contributed by atoms with van der Waals surface area (Å²) in [6, 6.07) is 17.1. The highest BCUT2D eigenvalue weighted by Gasteiger charge is 2.10. The van der Waals surface area contributed by atoms with Gasteiger partial charge in [0.15, 0.2) is 0 Å². The molecule has 4 heteroatoms. The van der Waals surface area contributed by atoms with Crippen molar-refractivity contribution >= 4 is 0 Å². The first-order chi connectivity index (χ1) is 12.1. The maximum atomic E-state index is 9.65. The largest absolute Gasteiger partial charge is 0.392 e. The predicted octanol–water partition coefficient (Wildman–Crippen LogP) is 3.46. The van der Waals surface area contributed by atoms with Gasteiger partial charge in [-0.3, -0.25) is 0 Å². The molecule has 2 aromatic carbocycles. The molecule has 2 atom stereocenters. The quantitative estimate of drug-likeness (QED) is 0.695. The number of rotatable bonds is 7. The van der Waals surface area contributed by atoms with Gasteiger partial charge in [0.25, 0.3) is 0 Å². The highest BCUT2D eigenvalue weighted by molar-refractivity contribution is 5.67. The lowest BCUT2D eigenvalue weighted by Gasteiger charge is -2.18. The first-order valence-electron chi connectivity index (χ1n) is 8.68. The molecule has 3 aromatic rings. The minimum absolute atomic E-state index is 0.0608. The van der Waals surface area contributed by atoms with Gasteiger partial charge in [-0.1, -0.05) is 48.5 Å². The summed E-state index contributed by atoms with van der Waals surface area (Å²) >= 11 is 0. The Bertz CT molecular complexity index is 779.